The highest BCUT2D eigenvalue weighted by molar-refractivity contribution is 7.12. The van der Waals surface area contributed by atoms with Crippen LogP contribution in [0.5, 0.6) is 0 Å². The van der Waals surface area contributed by atoms with E-state index >= 15 is 0 Å². The zero-order chi connectivity index (χ0) is 19.2. The lowest BCUT2D eigenvalue weighted by molar-refractivity contribution is 0.0950. The summed E-state index contributed by atoms with van der Waals surface area (Å²) in [6.45, 7) is 2.42. The molecule has 0 bridgehead atoms. The molecule has 0 atom stereocenters. The minimum atomic E-state index is -0.155. The van der Waals surface area contributed by atoms with Gasteiger partial charge in [-0.2, -0.15) is 9.78 Å². The van der Waals surface area contributed by atoms with Gasteiger partial charge in [-0.3, -0.25) is 20.2 Å². The van der Waals surface area contributed by atoms with Gasteiger partial charge in [-0.1, -0.05) is 42.5 Å². The van der Waals surface area contributed by atoms with E-state index in [-0.39, 0.29) is 5.91 Å². The lowest BCUT2D eigenvalue weighted by Gasteiger charge is -2.06. The molecule has 0 aliphatic heterocycles. The number of carbonyl (C=O) groups is 1. The lowest BCUT2D eigenvalue weighted by atomic mass is 10.1. The number of nitrogens with one attached hydrogen (secondary N) is 2. The van der Waals surface area contributed by atoms with Gasteiger partial charge in [0.1, 0.15) is 10.8 Å². The van der Waals surface area contributed by atoms with E-state index in [9.17, 15) is 4.79 Å². The van der Waals surface area contributed by atoms with Crippen LogP contribution in [-0.2, 0) is 6.54 Å². The number of aromatic nitrogens is 3. The van der Waals surface area contributed by atoms with E-state index in [0.717, 1.165) is 22.0 Å². The Morgan fingerprint density at radius 3 is 2.70 bits per heavy atom. The summed E-state index contributed by atoms with van der Waals surface area (Å²) in [6.07, 6.45) is 3.89. The number of aliphatic imine (C=N–C) groups is 1. The largest absolute Gasteiger partial charge is 0.348 e. The number of nitrogens with zero attached hydrogens (tertiary/aromatic N) is 4. The third-order valence-corrected chi connectivity index (χ3v) is 4.85. The van der Waals surface area contributed by atoms with Crippen LogP contribution in [0.3, 0.4) is 0 Å². The van der Waals surface area contributed by atoms with Crippen LogP contribution in [-0.4, -0.2) is 33.6 Å². The van der Waals surface area contributed by atoms with Crippen LogP contribution in [0.25, 0.3) is 10.6 Å². The molecule has 0 aliphatic carbocycles. The molecule has 7 nitrogen and oxygen atoms in total. The first kappa shape index (κ1) is 18.7. The highest BCUT2D eigenvalue weighted by atomic mass is 32.1. The number of hydrogen-bond acceptors (Lipinski definition) is 6. The van der Waals surface area contributed by atoms with E-state index in [4.69, 9.17) is 5.41 Å². The van der Waals surface area contributed by atoms with Gasteiger partial charge in [0, 0.05) is 38.0 Å². The van der Waals surface area contributed by atoms with Crippen molar-refractivity contribution < 1.29 is 4.79 Å². The zero-order valence-corrected chi connectivity index (χ0v) is 16.0. The van der Waals surface area contributed by atoms with Gasteiger partial charge < -0.3 is 5.32 Å². The van der Waals surface area contributed by atoms with Crippen molar-refractivity contribution in [1.29, 1.82) is 5.41 Å². The molecular formula is C19H20N6OS. The zero-order valence-electron chi connectivity index (χ0n) is 15.1. The number of pyridine rings is 1. The van der Waals surface area contributed by atoms with Gasteiger partial charge in [0.05, 0.1) is 5.56 Å². The lowest BCUT2D eigenvalue weighted by Crippen LogP contribution is -2.23. The average Bonchev–Trinajstić information content (AvgIpc) is 3.10. The van der Waals surface area contributed by atoms with Crippen molar-refractivity contribution >= 4 is 23.1 Å². The van der Waals surface area contributed by atoms with Gasteiger partial charge in [0.15, 0.2) is 0 Å². The van der Waals surface area contributed by atoms with E-state index < -0.39 is 0 Å². The predicted octanol–water partition coefficient (Wildman–Crippen LogP) is 2.70. The second-order valence-corrected chi connectivity index (χ2v) is 6.72. The minimum absolute atomic E-state index is 0.155. The van der Waals surface area contributed by atoms with E-state index in [1.807, 2.05) is 31.2 Å². The van der Waals surface area contributed by atoms with Crippen LogP contribution in [0.2, 0.25) is 0 Å². The smallest absolute Gasteiger partial charge is 0.253 e. The molecule has 0 unspecified atom stereocenters. The van der Waals surface area contributed by atoms with Gasteiger partial charge in [-0.05, 0) is 17.7 Å². The molecule has 2 aromatic heterocycles. The fourth-order valence-corrected chi connectivity index (χ4v) is 3.32. The van der Waals surface area contributed by atoms with Crippen LogP contribution in [0, 0.1) is 5.41 Å². The standard InChI is InChI=1S/C19H20N6OS/c1-3-16(21-2)25-19(20)27-18(24-25)14-8-6-13(7-9-14)11-23-17(26)15-5-4-10-22-12-15/h4-10,12,20H,3,11H2,1-2H3,(H,23,26). The summed E-state index contributed by atoms with van der Waals surface area (Å²) in [6, 6.07) is 11.3. The first-order valence-electron chi connectivity index (χ1n) is 8.50. The Bertz CT molecular complexity index is 1000. The molecule has 0 aliphatic rings. The summed E-state index contributed by atoms with van der Waals surface area (Å²) >= 11 is 1.31. The van der Waals surface area contributed by atoms with Gasteiger partial charge in [-0.25, -0.2) is 0 Å². The molecule has 0 saturated heterocycles. The molecular weight excluding hydrogens is 360 g/mol. The molecule has 3 aromatic rings. The predicted molar refractivity (Wildman–Crippen MR) is 106 cm³/mol. The van der Waals surface area contributed by atoms with Gasteiger partial charge >= 0.3 is 0 Å². The molecule has 2 heterocycles. The summed E-state index contributed by atoms with van der Waals surface area (Å²) in [7, 11) is 1.71. The second kappa shape index (κ2) is 8.50. The van der Waals surface area contributed by atoms with Crippen LogP contribution >= 0.6 is 11.3 Å². The molecule has 0 spiro atoms. The number of carbonyl (C=O) groups excluding carboxylic acids is 1. The summed E-state index contributed by atoms with van der Waals surface area (Å²) < 4.78 is 1.57. The Kier molecular flexibility index (Phi) is 5.87. The first-order valence-corrected chi connectivity index (χ1v) is 9.32. The van der Waals surface area contributed by atoms with Crippen LogP contribution in [0.1, 0.15) is 29.3 Å². The van der Waals surface area contributed by atoms with Gasteiger partial charge in [0.2, 0.25) is 4.80 Å². The van der Waals surface area contributed by atoms with Gasteiger partial charge in [0.25, 0.3) is 5.91 Å². The highest BCUT2D eigenvalue weighted by Gasteiger charge is 2.10. The SMILES string of the molecule is CCC(=NC)n1nc(-c2ccc(CNC(=O)c3cccnc3)cc2)sc1=N. The van der Waals surface area contributed by atoms with E-state index in [0.29, 0.717) is 23.3 Å². The first-order chi connectivity index (χ1) is 13.1. The Morgan fingerprint density at radius 2 is 2.07 bits per heavy atom. The minimum Gasteiger partial charge on any atom is -0.348 e. The average molecular weight is 380 g/mol. The summed E-state index contributed by atoms with van der Waals surface area (Å²) in [4.78, 5) is 20.6. The van der Waals surface area contributed by atoms with Crippen LogP contribution < -0.4 is 10.1 Å². The summed E-state index contributed by atoms with van der Waals surface area (Å²) in [5.74, 6) is 0.607. The van der Waals surface area contributed by atoms with Crippen LogP contribution in [0.4, 0.5) is 0 Å². The molecule has 1 aromatic carbocycles. The monoisotopic (exact) mass is 380 g/mol. The third-order valence-electron chi connectivity index (χ3n) is 3.97. The Hall–Kier alpha value is -3.13. The maximum atomic E-state index is 12.1. The Morgan fingerprint density at radius 1 is 1.30 bits per heavy atom. The quantitative estimate of drug-likeness (QED) is 0.526. The van der Waals surface area contributed by atoms with Crippen molar-refractivity contribution in [2.75, 3.05) is 7.05 Å². The molecule has 1 amide bonds. The van der Waals surface area contributed by atoms with Gasteiger partial charge in [-0.15, -0.1) is 0 Å². The normalized spacial score (nSPS) is 11.4. The molecule has 0 fully saturated rings. The Balaban J connectivity index is 1.70. The number of rotatable bonds is 5. The van der Waals surface area contributed by atoms with Crippen molar-refractivity contribution in [1.82, 2.24) is 20.1 Å². The molecule has 138 valence electrons. The molecule has 3 rings (SSSR count). The van der Waals surface area contributed by atoms with Crippen LogP contribution in [0.15, 0.2) is 53.8 Å². The molecule has 8 heteroatoms. The topological polar surface area (TPSA) is 96.0 Å². The van der Waals surface area contributed by atoms with E-state index in [1.54, 1.807) is 36.3 Å². The van der Waals surface area contributed by atoms with Crippen molar-refractivity contribution in [3.8, 4) is 10.6 Å². The summed E-state index contributed by atoms with van der Waals surface area (Å²) in [5.41, 5.74) is 2.45. The highest BCUT2D eigenvalue weighted by Crippen LogP contribution is 2.20. The number of amides is 1. The number of benzene rings is 1. The molecule has 27 heavy (non-hydrogen) atoms. The van der Waals surface area contributed by atoms with E-state index in [1.165, 1.54) is 11.3 Å². The maximum Gasteiger partial charge on any atom is 0.253 e. The van der Waals surface area contributed by atoms with Crippen molar-refractivity contribution in [2.45, 2.75) is 19.9 Å². The number of hydrogen-bond donors (Lipinski definition) is 2. The third kappa shape index (κ3) is 4.35. The fourth-order valence-electron chi connectivity index (χ4n) is 2.53. The van der Waals surface area contributed by atoms with E-state index in [2.05, 4.69) is 20.4 Å². The second-order valence-electron chi connectivity index (χ2n) is 5.74. The van der Waals surface area contributed by atoms with Crippen molar-refractivity contribution in [3.05, 3.63) is 64.7 Å². The molecule has 0 saturated carbocycles. The van der Waals surface area contributed by atoms with Crippen molar-refractivity contribution in [3.63, 3.8) is 0 Å². The molecule has 2 N–H and O–H groups in total. The van der Waals surface area contributed by atoms with Crippen molar-refractivity contribution in [2.24, 2.45) is 4.99 Å². The fraction of sp³-hybridized carbons (Fsp3) is 0.211. The maximum absolute atomic E-state index is 12.1. The molecule has 0 radical (unpaired) electrons. The Labute approximate surface area is 161 Å². The summed E-state index contributed by atoms with van der Waals surface area (Å²) in [5, 5.41) is 16.2.